The number of fused-ring (bicyclic) bond motifs is 12. The zero-order valence-electron chi connectivity index (χ0n) is 51.7. The zero-order chi connectivity index (χ0) is 59.2. The first-order valence-electron chi connectivity index (χ1n) is 31.0. The Labute approximate surface area is 505 Å². The lowest BCUT2D eigenvalue weighted by Gasteiger charge is -2.31. The van der Waals surface area contributed by atoms with Gasteiger partial charge in [-0.3, -0.25) is 0 Å². The number of hydrogen-bond donors (Lipinski definition) is 0. The van der Waals surface area contributed by atoms with Gasteiger partial charge in [0.05, 0.1) is 55.8 Å². The number of anilines is 6. The van der Waals surface area contributed by atoms with Gasteiger partial charge in [-0.2, -0.15) is 0 Å². The summed E-state index contributed by atoms with van der Waals surface area (Å²) >= 11 is 0. The molecule has 15 aromatic rings. The van der Waals surface area contributed by atoms with Crippen molar-refractivity contribution in [1.29, 1.82) is 0 Å². The minimum absolute atomic E-state index is 0.0462. The van der Waals surface area contributed by atoms with Crippen LogP contribution in [0.4, 0.5) is 34.1 Å². The molecule has 4 nitrogen and oxygen atoms in total. The number of benzene rings is 11. The molecule has 4 heteroatoms. The highest BCUT2D eigenvalue weighted by atomic mass is 15.2. The molecule has 0 saturated carbocycles. The average Bonchev–Trinajstić information content (AvgIpc) is 1.53. The molecule has 11 aromatic carbocycles. The highest BCUT2D eigenvalue weighted by Gasteiger charge is 2.31. The van der Waals surface area contributed by atoms with Gasteiger partial charge in [0.2, 0.25) is 0 Å². The van der Waals surface area contributed by atoms with Crippen LogP contribution < -0.4 is 9.80 Å². The molecule has 0 N–H and O–H groups in total. The highest BCUT2D eigenvalue weighted by molar-refractivity contribution is 6.32. The number of para-hydroxylation sites is 4. The van der Waals surface area contributed by atoms with Gasteiger partial charge in [0, 0.05) is 65.6 Å². The molecular weight excluding hydrogens is 1040 g/mol. The number of rotatable bonds is 10. The largest absolute Gasteiger partial charge is 0.309 e. The first-order chi connectivity index (χ1) is 41.4. The van der Waals surface area contributed by atoms with Crippen LogP contribution in [-0.2, 0) is 10.8 Å². The molecule has 0 aliphatic heterocycles. The summed E-state index contributed by atoms with van der Waals surface area (Å²) in [7, 11) is 0. The molecule has 0 unspecified atom stereocenters. The van der Waals surface area contributed by atoms with Crippen LogP contribution in [0.3, 0.4) is 0 Å². The summed E-state index contributed by atoms with van der Waals surface area (Å²) in [6.07, 6.45) is 0. The summed E-state index contributed by atoms with van der Waals surface area (Å²) in [4.78, 5) is 5.12. The van der Waals surface area contributed by atoms with E-state index in [0.717, 1.165) is 34.1 Å². The highest BCUT2D eigenvalue weighted by Crippen LogP contribution is 2.54. The summed E-state index contributed by atoms with van der Waals surface area (Å²) in [5.74, 6) is 0.737. The maximum atomic E-state index is 2.58. The molecule has 0 aliphatic carbocycles. The van der Waals surface area contributed by atoms with Crippen molar-refractivity contribution in [1.82, 2.24) is 8.80 Å². The Morgan fingerprint density at radius 2 is 0.674 bits per heavy atom. The van der Waals surface area contributed by atoms with E-state index in [1.165, 1.54) is 132 Å². The van der Waals surface area contributed by atoms with E-state index < -0.39 is 0 Å². The van der Waals surface area contributed by atoms with E-state index in [2.05, 4.69) is 320 Å². The quantitative estimate of drug-likeness (QED) is 0.136. The van der Waals surface area contributed by atoms with Gasteiger partial charge in [-0.05, 0) is 154 Å². The second kappa shape index (κ2) is 19.6. The minimum Gasteiger partial charge on any atom is -0.309 e. The molecule has 4 heterocycles. The maximum absolute atomic E-state index is 2.58. The van der Waals surface area contributed by atoms with Gasteiger partial charge in [0.1, 0.15) is 0 Å². The predicted molar refractivity (Wildman–Crippen MR) is 371 cm³/mol. The number of hydrogen-bond acceptors (Lipinski definition) is 2. The lowest BCUT2D eigenvalue weighted by Crippen LogP contribution is -2.13. The summed E-state index contributed by atoms with van der Waals surface area (Å²) in [6, 6.07) is 83.7. The maximum Gasteiger partial charge on any atom is 0.0641 e. The van der Waals surface area contributed by atoms with Gasteiger partial charge >= 0.3 is 0 Å². The first kappa shape index (κ1) is 53.4. The third-order valence-electron chi connectivity index (χ3n) is 18.9. The van der Waals surface area contributed by atoms with Gasteiger partial charge < -0.3 is 18.6 Å². The van der Waals surface area contributed by atoms with Crippen LogP contribution in [0.25, 0.3) is 98.4 Å². The van der Waals surface area contributed by atoms with Crippen LogP contribution in [0.1, 0.15) is 114 Å². The number of aryl methyl sites for hydroxylation is 2. The fraction of sp³-hybridized carbons (Fsp3) is 0.195. The van der Waals surface area contributed by atoms with Crippen LogP contribution in [0.2, 0.25) is 0 Å². The molecule has 4 aromatic heterocycles. The lowest BCUT2D eigenvalue weighted by atomic mass is 9.85. The Morgan fingerprint density at radius 1 is 0.314 bits per heavy atom. The van der Waals surface area contributed by atoms with E-state index in [-0.39, 0.29) is 10.8 Å². The molecular formula is C82H74N4. The molecule has 422 valence electrons. The van der Waals surface area contributed by atoms with Crippen molar-refractivity contribution in [2.45, 2.75) is 106 Å². The van der Waals surface area contributed by atoms with Gasteiger partial charge in [-0.15, -0.1) is 0 Å². The van der Waals surface area contributed by atoms with Gasteiger partial charge in [0.15, 0.2) is 0 Å². The van der Waals surface area contributed by atoms with E-state index in [1.54, 1.807) is 0 Å². The third kappa shape index (κ3) is 8.16. The smallest absolute Gasteiger partial charge is 0.0641 e. The van der Waals surface area contributed by atoms with Crippen molar-refractivity contribution < 1.29 is 0 Å². The van der Waals surface area contributed by atoms with Crippen molar-refractivity contribution in [3.63, 3.8) is 0 Å². The lowest BCUT2D eigenvalue weighted by molar-refractivity contribution is 0.590. The van der Waals surface area contributed by atoms with E-state index in [4.69, 9.17) is 0 Å². The molecule has 0 atom stereocenters. The second-order valence-corrected chi connectivity index (χ2v) is 27.1. The Balaban J connectivity index is 0.987. The predicted octanol–water partition coefficient (Wildman–Crippen LogP) is 23.7. The monoisotopic (exact) mass is 1110 g/mol. The van der Waals surface area contributed by atoms with E-state index in [0.29, 0.717) is 11.8 Å². The average molecular weight is 1120 g/mol. The fourth-order valence-electron chi connectivity index (χ4n) is 14.2. The molecule has 0 radical (unpaired) electrons. The van der Waals surface area contributed by atoms with E-state index in [1.807, 2.05) is 0 Å². The van der Waals surface area contributed by atoms with Crippen LogP contribution >= 0.6 is 0 Å². The Hall–Kier alpha value is -9.38. The van der Waals surface area contributed by atoms with Crippen LogP contribution in [0, 0.1) is 13.8 Å². The number of nitrogens with zero attached hydrogens (tertiary/aromatic N) is 4. The van der Waals surface area contributed by atoms with Crippen LogP contribution in [0.15, 0.2) is 218 Å². The van der Waals surface area contributed by atoms with Crippen molar-refractivity contribution >= 4 is 110 Å². The summed E-state index contributed by atoms with van der Waals surface area (Å²) in [5, 5.41) is 9.98. The zero-order valence-corrected chi connectivity index (χ0v) is 51.7. The van der Waals surface area contributed by atoms with Gasteiger partial charge in [-0.1, -0.05) is 215 Å². The van der Waals surface area contributed by atoms with Gasteiger partial charge in [0.25, 0.3) is 0 Å². The van der Waals surface area contributed by atoms with Crippen molar-refractivity contribution in [2.75, 3.05) is 9.80 Å². The van der Waals surface area contributed by atoms with Crippen molar-refractivity contribution in [3.8, 4) is 22.3 Å². The standard InChI is InChI=1S/C82H74N4/c1-49(2)55-33-41-71(63(45-55)53-29-35-57(36-30-53)81(7,8)9)83(67-25-17-13-21-51(67)5)73-43-39-59-65-47-76-66(48-75(65)85-69-27-19-15-23-61(69)77(73)79(59)85)60-40-44-74(78-62-24-16-20-28-70(62)86(76)80(60)78)84(68-26-18-14-22-52(68)6)72-42-34-56(50(3)4)46-64(72)54-31-37-58(38-32-54)82(10,11)12/h13-50H,1-12H3. The summed E-state index contributed by atoms with van der Waals surface area (Å²) in [5.41, 5.74) is 27.0. The molecule has 0 bridgehead atoms. The number of aromatic nitrogens is 2. The molecule has 0 aliphatic rings. The summed E-state index contributed by atoms with van der Waals surface area (Å²) < 4.78 is 5.16. The van der Waals surface area contributed by atoms with Crippen molar-refractivity contribution in [3.05, 3.63) is 252 Å². The van der Waals surface area contributed by atoms with Crippen LogP contribution in [-0.4, -0.2) is 8.80 Å². The minimum atomic E-state index is 0.0462. The SMILES string of the molecule is Cc1ccccc1N(c1ccc(C(C)C)cc1-c1ccc(C(C)(C)C)cc1)c1ccc2c3cc4c(cc3n3c5ccccc5c1c23)c1ccc(N(c2ccccc2C)c2ccc(C(C)C)cc2-c2ccc(C(C)(C)C)cc2)c2c3ccccc3n4c12. The molecule has 0 amide bonds. The van der Waals surface area contributed by atoms with Gasteiger partial charge in [-0.25, -0.2) is 0 Å². The van der Waals surface area contributed by atoms with E-state index >= 15 is 0 Å². The first-order valence-corrected chi connectivity index (χ1v) is 31.0. The summed E-state index contributed by atoms with van der Waals surface area (Å²) in [6.45, 7) is 27.5. The van der Waals surface area contributed by atoms with Crippen LogP contribution in [0.5, 0.6) is 0 Å². The second-order valence-electron chi connectivity index (χ2n) is 27.1. The third-order valence-corrected chi connectivity index (χ3v) is 18.9. The topological polar surface area (TPSA) is 15.3 Å². The molecule has 86 heavy (non-hydrogen) atoms. The van der Waals surface area contributed by atoms with Crippen molar-refractivity contribution in [2.24, 2.45) is 0 Å². The Kier molecular flexibility index (Phi) is 12.2. The molecule has 0 saturated heterocycles. The molecule has 0 spiro atoms. The Bertz CT molecular complexity index is 4820. The fourth-order valence-corrected chi connectivity index (χ4v) is 14.2. The van der Waals surface area contributed by atoms with E-state index in [9.17, 15) is 0 Å². The molecule has 0 fully saturated rings. The normalized spacial score (nSPS) is 12.6. The Morgan fingerprint density at radius 3 is 1.05 bits per heavy atom. The molecule has 15 rings (SSSR count).